The van der Waals surface area contributed by atoms with Crippen molar-refractivity contribution in [3.8, 4) is 22.3 Å². The summed E-state index contributed by atoms with van der Waals surface area (Å²) in [4.78, 5) is 49.1. The van der Waals surface area contributed by atoms with E-state index in [1.165, 1.54) is 23.6 Å². The lowest BCUT2D eigenvalue weighted by Crippen LogP contribution is -2.13. The van der Waals surface area contributed by atoms with Gasteiger partial charge in [0.25, 0.3) is 11.8 Å². The molecule has 4 heterocycles. The summed E-state index contributed by atoms with van der Waals surface area (Å²) in [6.07, 6.45) is 1.62. The Morgan fingerprint density at radius 2 is 1.10 bits per heavy atom. The molecule has 0 aliphatic heterocycles. The van der Waals surface area contributed by atoms with E-state index in [2.05, 4.69) is 10.6 Å². The second-order valence-electron chi connectivity index (χ2n) is 14.0. The number of carboxylic acids is 2. The molecule has 0 atom stereocenters. The number of fused-ring (bicyclic) bond motifs is 2. The Kier molecular flexibility index (Phi) is 10.6. The molecular formula is C45H31F3N2O8S2. The number of furan rings is 2. The number of hydrogen-bond donors (Lipinski definition) is 4. The molecule has 9 rings (SSSR count). The first-order valence-corrected chi connectivity index (χ1v) is 20.1. The van der Waals surface area contributed by atoms with E-state index in [0.29, 0.717) is 39.0 Å². The molecule has 302 valence electrons. The van der Waals surface area contributed by atoms with Gasteiger partial charge in [-0.25, -0.2) is 22.8 Å². The van der Waals surface area contributed by atoms with Gasteiger partial charge < -0.3 is 29.7 Å². The van der Waals surface area contributed by atoms with Crippen LogP contribution in [0.4, 0.5) is 23.2 Å². The van der Waals surface area contributed by atoms with Crippen molar-refractivity contribution >= 4 is 78.4 Å². The minimum Gasteiger partial charge on any atom is -0.478 e. The fraction of sp³-hybridized carbons (Fsp3) is 0.111. The first-order valence-electron chi connectivity index (χ1n) is 18.3. The molecule has 0 unspecified atom stereocenters. The molecule has 1 aliphatic carbocycles. The smallest absolute Gasteiger partial charge is 0.339 e. The number of nitrogens with one attached hydrogen (secondary N) is 2. The Morgan fingerprint density at radius 3 is 1.58 bits per heavy atom. The zero-order valence-corrected chi connectivity index (χ0v) is 33.2. The van der Waals surface area contributed by atoms with Gasteiger partial charge in [0.05, 0.1) is 0 Å². The standard InChI is InChI=1S/C23H15F2NO4S.C22H16FNO4S/c24-19-13(11-5-6-11)7-8-14(20(19)25)15-10-31-22(18(15)23(28)29)26-21(27)17-9-12-3-1-2-4-16(12)30-17;1-11-12(2)16(23)8-7-14(11)15-10-29-21(19(15)22(26)27)24-20(25)18-9-13-5-3-4-6-17(13)28-18/h1-4,7-11H,5-6H2,(H,26,27)(H,28,29);3-10H,1-2H3,(H,24,25)(H,26,27). The van der Waals surface area contributed by atoms with Gasteiger partial charge in [0.2, 0.25) is 0 Å². The largest absolute Gasteiger partial charge is 0.478 e. The highest BCUT2D eigenvalue weighted by Crippen LogP contribution is 2.45. The molecule has 0 saturated heterocycles. The number of thiophene rings is 2. The highest BCUT2D eigenvalue weighted by atomic mass is 32.1. The fourth-order valence-electron chi connectivity index (χ4n) is 6.80. The SMILES string of the molecule is Cc1c(F)ccc(-c2csc(NC(=O)c3cc4ccccc4o3)c2C(=O)O)c1C.O=C(Nc1scc(-c2ccc(C3CC3)c(F)c2F)c1C(=O)O)c1cc2ccccc2o1. The highest BCUT2D eigenvalue weighted by Gasteiger charge is 2.31. The van der Waals surface area contributed by atoms with Crippen LogP contribution in [-0.4, -0.2) is 34.0 Å². The third kappa shape index (κ3) is 7.55. The zero-order valence-electron chi connectivity index (χ0n) is 31.5. The monoisotopic (exact) mass is 848 g/mol. The van der Waals surface area contributed by atoms with Crippen LogP contribution in [0.15, 0.2) is 105 Å². The number of rotatable bonds is 9. The van der Waals surface area contributed by atoms with E-state index in [9.17, 15) is 42.6 Å². The van der Waals surface area contributed by atoms with Crippen LogP contribution < -0.4 is 10.6 Å². The van der Waals surface area contributed by atoms with Gasteiger partial charge in [-0.3, -0.25) is 9.59 Å². The van der Waals surface area contributed by atoms with Gasteiger partial charge in [0.15, 0.2) is 23.2 Å². The van der Waals surface area contributed by atoms with E-state index in [1.807, 2.05) is 12.1 Å². The first-order chi connectivity index (χ1) is 28.8. The molecule has 0 spiro atoms. The predicted octanol–water partition coefficient (Wildman–Crippen LogP) is 12.1. The third-order valence-electron chi connectivity index (χ3n) is 10.2. The normalized spacial score (nSPS) is 12.3. The maximum atomic E-state index is 14.8. The van der Waals surface area contributed by atoms with E-state index >= 15 is 0 Å². The lowest BCUT2D eigenvalue weighted by Gasteiger charge is -2.10. The van der Waals surface area contributed by atoms with Gasteiger partial charge in [0.1, 0.15) is 38.1 Å². The van der Waals surface area contributed by atoms with Crippen molar-refractivity contribution in [3.05, 3.63) is 152 Å². The molecule has 4 aromatic heterocycles. The first kappa shape index (κ1) is 39.8. The highest BCUT2D eigenvalue weighted by molar-refractivity contribution is 7.15. The Hall–Kier alpha value is -6.97. The fourth-order valence-corrected chi connectivity index (χ4v) is 8.69. The van der Waals surface area contributed by atoms with Gasteiger partial charge in [0, 0.05) is 38.2 Å². The quantitative estimate of drug-likeness (QED) is 0.112. The molecule has 60 heavy (non-hydrogen) atoms. The summed E-state index contributed by atoms with van der Waals surface area (Å²) in [6, 6.07) is 23.2. The lowest BCUT2D eigenvalue weighted by atomic mass is 9.96. The average molecular weight is 849 g/mol. The van der Waals surface area contributed by atoms with Crippen molar-refractivity contribution in [1.82, 2.24) is 0 Å². The Balaban J connectivity index is 0.000000167. The minimum atomic E-state index is -1.36. The van der Waals surface area contributed by atoms with Crippen LogP contribution in [0.3, 0.4) is 0 Å². The number of carbonyl (C=O) groups is 4. The number of hydrogen-bond acceptors (Lipinski definition) is 8. The molecule has 8 aromatic rings. The molecule has 10 nitrogen and oxygen atoms in total. The van der Waals surface area contributed by atoms with Gasteiger partial charge in [-0.2, -0.15) is 0 Å². The van der Waals surface area contributed by atoms with E-state index < -0.39 is 35.4 Å². The number of carboxylic acid groups (broad SMARTS) is 2. The number of carbonyl (C=O) groups excluding carboxylic acids is 2. The van der Waals surface area contributed by atoms with Gasteiger partial charge in [-0.1, -0.05) is 54.6 Å². The van der Waals surface area contributed by atoms with Crippen LogP contribution in [0.2, 0.25) is 0 Å². The summed E-state index contributed by atoms with van der Waals surface area (Å²) in [5.41, 5.74) is 3.08. The van der Waals surface area contributed by atoms with Crippen molar-refractivity contribution in [2.75, 3.05) is 10.6 Å². The topological polar surface area (TPSA) is 159 Å². The van der Waals surface area contributed by atoms with Crippen molar-refractivity contribution in [1.29, 1.82) is 0 Å². The Bertz CT molecular complexity index is 2960. The Morgan fingerprint density at radius 1 is 0.617 bits per heavy atom. The molecule has 0 bridgehead atoms. The minimum absolute atomic E-state index is 0.0103. The molecule has 4 aromatic carbocycles. The zero-order chi connectivity index (χ0) is 42.4. The summed E-state index contributed by atoms with van der Waals surface area (Å²) >= 11 is 2.02. The summed E-state index contributed by atoms with van der Waals surface area (Å²) < 4.78 is 54.1. The molecule has 15 heteroatoms. The number of anilines is 2. The third-order valence-corrected chi connectivity index (χ3v) is 12.0. The number of halogens is 3. The van der Waals surface area contributed by atoms with Crippen LogP contribution in [0.1, 0.15) is 77.3 Å². The van der Waals surface area contributed by atoms with Crippen LogP contribution in [0.25, 0.3) is 44.2 Å². The lowest BCUT2D eigenvalue weighted by molar-refractivity contribution is 0.0688. The summed E-state index contributed by atoms with van der Waals surface area (Å²) in [5, 5.41) is 29.4. The van der Waals surface area contributed by atoms with E-state index in [1.54, 1.807) is 73.8 Å². The number of amides is 2. The van der Waals surface area contributed by atoms with Crippen molar-refractivity contribution < 1.29 is 51.4 Å². The maximum Gasteiger partial charge on any atom is 0.339 e. The van der Waals surface area contributed by atoms with Crippen molar-refractivity contribution in [2.45, 2.75) is 32.6 Å². The van der Waals surface area contributed by atoms with E-state index in [4.69, 9.17) is 8.83 Å². The number of para-hydroxylation sites is 2. The molecule has 1 aliphatic rings. The van der Waals surface area contributed by atoms with Crippen molar-refractivity contribution in [2.24, 2.45) is 0 Å². The molecular weight excluding hydrogens is 818 g/mol. The van der Waals surface area contributed by atoms with Crippen molar-refractivity contribution in [3.63, 3.8) is 0 Å². The number of benzene rings is 4. The van der Waals surface area contributed by atoms with Gasteiger partial charge in [-0.15, -0.1) is 22.7 Å². The molecule has 1 saturated carbocycles. The molecule has 2 amide bonds. The summed E-state index contributed by atoms with van der Waals surface area (Å²) in [7, 11) is 0. The van der Waals surface area contributed by atoms with Gasteiger partial charge in [-0.05, 0) is 85.2 Å². The maximum absolute atomic E-state index is 14.8. The van der Waals surface area contributed by atoms with Gasteiger partial charge >= 0.3 is 11.9 Å². The summed E-state index contributed by atoms with van der Waals surface area (Å²) in [6.45, 7) is 3.38. The molecule has 1 fully saturated rings. The predicted molar refractivity (Wildman–Crippen MR) is 223 cm³/mol. The van der Waals surface area contributed by atoms with Crippen LogP contribution in [0.5, 0.6) is 0 Å². The average Bonchev–Trinajstić information content (AvgIpc) is 3.54. The summed E-state index contributed by atoms with van der Waals surface area (Å²) in [5.74, 6) is -5.97. The Labute approximate surface area is 346 Å². The van der Waals surface area contributed by atoms with E-state index in [-0.39, 0.29) is 55.5 Å². The van der Waals surface area contributed by atoms with Crippen LogP contribution in [0, 0.1) is 31.3 Å². The second-order valence-corrected chi connectivity index (χ2v) is 15.7. The molecule has 0 radical (unpaired) electrons. The van der Waals surface area contributed by atoms with Crippen LogP contribution in [-0.2, 0) is 0 Å². The van der Waals surface area contributed by atoms with Crippen LogP contribution >= 0.6 is 22.7 Å². The second kappa shape index (κ2) is 16.0. The van der Waals surface area contributed by atoms with E-state index in [0.717, 1.165) is 46.3 Å². The molecule has 4 N–H and O–H groups in total. The number of aromatic carboxylic acids is 2.